The van der Waals surface area contributed by atoms with Crippen LogP contribution >= 0.6 is 0 Å². The van der Waals surface area contributed by atoms with Gasteiger partial charge in [0.25, 0.3) is 0 Å². The molecule has 5 nitrogen and oxygen atoms in total. The third-order valence-corrected chi connectivity index (χ3v) is 4.52. The molecule has 2 rings (SSSR count). The van der Waals surface area contributed by atoms with Crippen LogP contribution < -0.4 is 10.6 Å². The lowest BCUT2D eigenvalue weighted by atomic mass is 9.99. The highest BCUT2D eigenvalue weighted by Crippen LogP contribution is 2.23. The lowest BCUT2D eigenvalue weighted by Gasteiger charge is -2.40. The van der Waals surface area contributed by atoms with E-state index in [1.54, 1.807) is 7.11 Å². The first kappa shape index (κ1) is 14.8. The van der Waals surface area contributed by atoms with Crippen molar-refractivity contribution < 1.29 is 9.53 Å². The molecule has 2 N–H and O–H groups in total. The Hall–Kier alpha value is -0.650. The first-order valence-corrected chi connectivity index (χ1v) is 7.33. The number of hydrogen-bond acceptors (Lipinski definition) is 4. The second-order valence-corrected chi connectivity index (χ2v) is 6.14. The molecule has 110 valence electrons. The van der Waals surface area contributed by atoms with Crippen molar-refractivity contribution in [2.45, 2.75) is 50.8 Å². The Bertz CT molecular complexity index is 314. The summed E-state index contributed by atoms with van der Waals surface area (Å²) in [7, 11) is 1.75. The molecule has 1 saturated heterocycles. The van der Waals surface area contributed by atoms with E-state index in [1.807, 2.05) is 13.8 Å². The maximum absolute atomic E-state index is 12.5. The SMILES string of the molecule is COC1CCC(NC(=O)C(C)(C)N2CCNCC2)C1. The van der Waals surface area contributed by atoms with Crippen molar-refractivity contribution in [1.29, 1.82) is 0 Å². The molecular formula is C14H27N3O2. The maximum atomic E-state index is 12.5. The molecule has 5 heteroatoms. The first-order chi connectivity index (χ1) is 9.04. The van der Waals surface area contributed by atoms with Crippen LogP contribution in [0.3, 0.4) is 0 Å². The summed E-state index contributed by atoms with van der Waals surface area (Å²) in [6.07, 6.45) is 3.34. The number of carbonyl (C=O) groups is 1. The molecule has 1 aliphatic heterocycles. The Balaban J connectivity index is 1.87. The Morgan fingerprint density at radius 2 is 2.00 bits per heavy atom. The minimum absolute atomic E-state index is 0.149. The Morgan fingerprint density at radius 1 is 1.32 bits per heavy atom. The molecule has 1 aliphatic carbocycles. The van der Waals surface area contributed by atoms with Gasteiger partial charge in [0, 0.05) is 39.3 Å². The van der Waals surface area contributed by atoms with Gasteiger partial charge in [0.05, 0.1) is 11.6 Å². The van der Waals surface area contributed by atoms with E-state index >= 15 is 0 Å². The van der Waals surface area contributed by atoms with E-state index in [4.69, 9.17) is 4.74 Å². The van der Waals surface area contributed by atoms with Crippen molar-refractivity contribution in [2.24, 2.45) is 0 Å². The molecule has 1 heterocycles. The Kier molecular flexibility index (Phi) is 4.81. The van der Waals surface area contributed by atoms with Gasteiger partial charge in [-0.05, 0) is 33.1 Å². The van der Waals surface area contributed by atoms with Gasteiger partial charge in [-0.3, -0.25) is 9.69 Å². The van der Waals surface area contributed by atoms with Gasteiger partial charge < -0.3 is 15.4 Å². The molecule has 2 fully saturated rings. The zero-order valence-corrected chi connectivity index (χ0v) is 12.4. The van der Waals surface area contributed by atoms with Gasteiger partial charge >= 0.3 is 0 Å². The van der Waals surface area contributed by atoms with Crippen molar-refractivity contribution in [3.63, 3.8) is 0 Å². The fourth-order valence-electron chi connectivity index (χ4n) is 3.01. The highest BCUT2D eigenvalue weighted by Gasteiger charge is 2.37. The number of hydrogen-bond donors (Lipinski definition) is 2. The summed E-state index contributed by atoms with van der Waals surface area (Å²) in [5.74, 6) is 0.149. The number of carbonyl (C=O) groups excluding carboxylic acids is 1. The summed E-state index contributed by atoms with van der Waals surface area (Å²) >= 11 is 0. The summed E-state index contributed by atoms with van der Waals surface area (Å²) in [6, 6.07) is 0.277. The average molecular weight is 269 g/mol. The first-order valence-electron chi connectivity index (χ1n) is 7.33. The van der Waals surface area contributed by atoms with Crippen molar-refractivity contribution in [2.75, 3.05) is 33.3 Å². The highest BCUT2D eigenvalue weighted by molar-refractivity contribution is 5.85. The van der Waals surface area contributed by atoms with Gasteiger partial charge in [-0.2, -0.15) is 0 Å². The molecule has 1 saturated carbocycles. The Labute approximate surface area is 116 Å². The number of piperazine rings is 1. The van der Waals surface area contributed by atoms with Crippen LogP contribution in [0.1, 0.15) is 33.1 Å². The van der Waals surface area contributed by atoms with Crippen LogP contribution in [-0.4, -0.2) is 61.8 Å². The van der Waals surface area contributed by atoms with Gasteiger partial charge in [-0.15, -0.1) is 0 Å². The predicted molar refractivity (Wildman–Crippen MR) is 75.1 cm³/mol. The van der Waals surface area contributed by atoms with Crippen LogP contribution in [0.5, 0.6) is 0 Å². The topological polar surface area (TPSA) is 53.6 Å². The minimum atomic E-state index is -0.423. The van der Waals surface area contributed by atoms with E-state index in [9.17, 15) is 4.79 Å². The molecule has 0 bridgehead atoms. The molecule has 0 spiro atoms. The van der Waals surface area contributed by atoms with E-state index in [0.717, 1.165) is 45.4 Å². The fourth-order valence-corrected chi connectivity index (χ4v) is 3.01. The average Bonchev–Trinajstić information content (AvgIpc) is 2.87. The zero-order valence-electron chi connectivity index (χ0n) is 12.4. The van der Waals surface area contributed by atoms with Gasteiger partial charge in [-0.25, -0.2) is 0 Å². The molecule has 2 unspecified atom stereocenters. The number of rotatable bonds is 4. The molecule has 1 amide bonds. The van der Waals surface area contributed by atoms with Crippen LogP contribution in [0.2, 0.25) is 0 Å². The van der Waals surface area contributed by atoms with Gasteiger partial charge in [0.15, 0.2) is 0 Å². The molecule has 2 aliphatic rings. The van der Waals surface area contributed by atoms with E-state index in [-0.39, 0.29) is 11.9 Å². The van der Waals surface area contributed by atoms with Crippen LogP contribution in [0.25, 0.3) is 0 Å². The van der Waals surface area contributed by atoms with E-state index < -0.39 is 5.54 Å². The molecule has 2 atom stereocenters. The van der Waals surface area contributed by atoms with Gasteiger partial charge in [0.1, 0.15) is 0 Å². The maximum Gasteiger partial charge on any atom is 0.240 e. The number of nitrogens with zero attached hydrogens (tertiary/aromatic N) is 1. The number of amides is 1. The normalized spacial score (nSPS) is 29.4. The third kappa shape index (κ3) is 3.46. The molecule has 0 aromatic heterocycles. The number of ether oxygens (including phenoxy) is 1. The fraction of sp³-hybridized carbons (Fsp3) is 0.929. The quantitative estimate of drug-likeness (QED) is 0.773. The van der Waals surface area contributed by atoms with Gasteiger partial charge in [-0.1, -0.05) is 0 Å². The van der Waals surface area contributed by atoms with Crippen LogP contribution in [0, 0.1) is 0 Å². The van der Waals surface area contributed by atoms with E-state index in [2.05, 4.69) is 15.5 Å². The van der Waals surface area contributed by atoms with E-state index in [0.29, 0.717) is 6.10 Å². The summed E-state index contributed by atoms with van der Waals surface area (Å²) < 4.78 is 5.35. The number of methoxy groups -OCH3 is 1. The third-order valence-electron chi connectivity index (χ3n) is 4.52. The van der Waals surface area contributed by atoms with Crippen molar-refractivity contribution in [3.05, 3.63) is 0 Å². The van der Waals surface area contributed by atoms with Crippen LogP contribution in [-0.2, 0) is 9.53 Å². The van der Waals surface area contributed by atoms with Crippen molar-refractivity contribution in [3.8, 4) is 0 Å². The second kappa shape index (κ2) is 6.20. The zero-order chi connectivity index (χ0) is 13.9. The number of nitrogens with one attached hydrogen (secondary N) is 2. The minimum Gasteiger partial charge on any atom is -0.381 e. The van der Waals surface area contributed by atoms with Crippen LogP contribution in [0.15, 0.2) is 0 Å². The summed E-state index contributed by atoms with van der Waals surface area (Å²) in [4.78, 5) is 14.8. The van der Waals surface area contributed by atoms with Crippen LogP contribution in [0.4, 0.5) is 0 Å². The smallest absolute Gasteiger partial charge is 0.240 e. The van der Waals surface area contributed by atoms with Crippen molar-refractivity contribution in [1.82, 2.24) is 15.5 Å². The largest absolute Gasteiger partial charge is 0.381 e. The van der Waals surface area contributed by atoms with Crippen molar-refractivity contribution >= 4 is 5.91 Å². The molecule has 0 aromatic rings. The monoisotopic (exact) mass is 269 g/mol. The van der Waals surface area contributed by atoms with Gasteiger partial charge in [0.2, 0.25) is 5.91 Å². The molecule has 19 heavy (non-hydrogen) atoms. The lowest BCUT2D eigenvalue weighted by Crippen LogP contribution is -2.60. The molecular weight excluding hydrogens is 242 g/mol. The Morgan fingerprint density at radius 3 is 2.58 bits per heavy atom. The lowest BCUT2D eigenvalue weighted by molar-refractivity contribution is -0.132. The highest BCUT2D eigenvalue weighted by atomic mass is 16.5. The standard InChI is InChI=1S/C14H27N3O2/c1-14(2,17-8-6-15-7-9-17)13(18)16-11-4-5-12(10-11)19-3/h11-12,15H,4-10H2,1-3H3,(H,16,18). The second-order valence-electron chi connectivity index (χ2n) is 6.14. The predicted octanol–water partition coefficient (Wildman–Crippen LogP) is 0.354. The summed E-state index contributed by atoms with van der Waals surface area (Å²) in [6.45, 7) is 7.85. The summed E-state index contributed by atoms with van der Waals surface area (Å²) in [5, 5.41) is 6.52. The summed E-state index contributed by atoms with van der Waals surface area (Å²) in [5.41, 5.74) is -0.423. The molecule has 0 aromatic carbocycles. The van der Waals surface area contributed by atoms with E-state index in [1.165, 1.54) is 0 Å². The molecule has 0 radical (unpaired) electrons.